The minimum Gasteiger partial charge on any atom is -0.368 e. The zero-order valence-electron chi connectivity index (χ0n) is 21.4. The van der Waals surface area contributed by atoms with Gasteiger partial charge in [0.2, 0.25) is 11.9 Å². The Labute approximate surface area is 232 Å². The predicted octanol–water partition coefficient (Wildman–Crippen LogP) is 5.77. The van der Waals surface area contributed by atoms with Crippen molar-refractivity contribution in [3.8, 4) is 5.82 Å². The van der Waals surface area contributed by atoms with Crippen LogP contribution in [0.5, 0.6) is 0 Å². The number of nitrogens with zero attached hydrogens (tertiary/aromatic N) is 4. The Morgan fingerprint density at radius 1 is 0.974 bits per heavy atom. The van der Waals surface area contributed by atoms with E-state index in [1.165, 1.54) is 0 Å². The van der Waals surface area contributed by atoms with Gasteiger partial charge in [-0.25, -0.2) is 4.98 Å². The van der Waals surface area contributed by atoms with E-state index in [1.807, 2.05) is 53.2 Å². The number of imidazole rings is 1. The third-order valence-electron chi connectivity index (χ3n) is 5.75. The second-order valence-corrected chi connectivity index (χ2v) is 10.3. The lowest BCUT2D eigenvalue weighted by atomic mass is 10.0. The minimum atomic E-state index is -0.0793. The topological polar surface area (TPSA) is 96.8 Å². The van der Waals surface area contributed by atoms with Crippen LogP contribution in [-0.2, 0) is 17.8 Å². The van der Waals surface area contributed by atoms with E-state index in [9.17, 15) is 4.79 Å². The normalized spacial score (nSPS) is 11.8. The smallest absolute Gasteiger partial charge is 0.226 e. The Balaban J connectivity index is 1.45. The van der Waals surface area contributed by atoms with Crippen LogP contribution < -0.4 is 16.0 Å². The van der Waals surface area contributed by atoms with Gasteiger partial charge in [0.25, 0.3) is 0 Å². The first-order chi connectivity index (χ1) is 18.3. The summed E-state index contributed by atoms with van der Waals surface area (Å²) in [5.74, 6) is 2.13. The largest absolute Gasteiger partial charge is 0.368 e. The molecule has 0 saturated heterocycles. The summed E-state index contributed by atoms with van der Waals surface area (Å²) in [5, 5.41) is 11.2. The standard InChI is InChI=1S/C28H31Cl2N7O/c1-19(2)12-24(34-27(38)14-20-6-8-22(29)9-7-20)17-32-25-15-26(37-11-10-31-18-37)36-28(35-25)33-16-21-4-3-5-23(30)13-21/h3-11,13,15,18-19,24H,12,14,16-17H2,1-2H3,(H,34,38)(H2,32,33,35,36). The molecule has 0 saturated carbocycles. The molecule has 1 unspecified atom stereocenters. The summed E-state index contributed by atoms with van der Waals surface area (Å²) in [5.41, 5.74) is 1.93. The van der Waals surface area contributed by atoms with Crippen molar-refractivity contribution in [2.24, 2.45) is 5.92 Å². The molecule has 0 aliphatic carbocycles. The van der Waals surface area contributed by atoms with Gasteiger partial charge >= 0.3 is 0 Å². The summed E-state index contributed by atoms with van der Waals surface area (Å²) in [4.78, 5) is 26.2. The molecule has 4 aromatic rings. The van der Waals surface area contributed by atoms with Crippen molar-refractivity contribution in [1.29, 1.82) is 0 Å². The molecule has 4 rings (SSSR count). The van der Waals surface area contributed by atoms with E-state index >= 15 is 0 Å². The predicted molar refractivity (Wildman–Crippen MR) is 153 cm³/mol. The fourth-order valence-electron chi connectivity index (χ4n) is 4.02. The van der Waals surface area contributed by atoms with Gasteiger partial charge < -0.3 is 16.0 Å². The van der Waals surface area contributed by atoms with Gasteiger partial charge in [0.15, 0.2) is 0 Å². The number of hydrogen-bond acceptors (Lipinski definition) is 6. The zero-order chi connectivity index (χ0) is 26.9. The number of halogens is 2. The van der Waals surface area contributed by atoms with Gasteiger partial charge in [0, 0.05) is 47.6 Å². The molecule has 198 valence electrons. The first-order valence-corrected chi connectivity index (χ1v) is 13.2. The van der Waals surface area contributed by atoms with Gasteiger partial charge in [0.05, 0.1) is 6.42 Å². The Morgan fingerprint density at radius 3 is 2.50 bits per heavy atom. The van der Waals surface area contributed by atoms with E-state index < -0.39 is 0 Å². The highest BCUT2D eigenvalue weighted by molar-refractivity contribution is 6.30. The van der Waals surface area contributed by atoms with Crippen molar-refractivity contribution < 1.29 is 4.79 Å². The molecule has 2 aromatic carbocycles. The average Bonchev–Trinajstić information content (AvgIpc) is 3.42. The number of rotatable bonds is 12. The van der Waals surface area contributed by atoms with Crippen LogP contribution in [0.4, 0.5) is 11.8 Å². The Hall–Kier alpha value is -3.62. The van der Waals surface area contributed by atoms with E-state index in [-0.39, 0.29) is 11.9 Å². The van der Waals surface area contributed by atoms with Crippen molar-refractivity contribution in [3.63, 3.8) is 0 Å². The maximum atomic E-state index is 12.8. The van der Waals surface area contributed by atoms with Gasteiger partial charge in [0.1, 0.15) is 18.0 Å². The quantitative estimate of drug-likeness (QED) is 0.207. The molecule has 0 fully saturated rings. The van der Waals surface area contributed by atoms with Crippen LogP contribution in [0.1, 0.15) is 31.4 Å². The van der Waals surface area contributed by atoms with E-state index in [1.54, 1.807) is 24.7 Å². The maximum Gasteiger partial charge on any atom is 0.226 e. The lowest BCUT2D eigenvalue weighted by Gasteiger charge is -2.22. The Bertz CT molecular complexity index is 1330. The average molecular weight is 553 g/mol. The van der Waals surface area contributed by atoms with Crippen molar-refractivity contribution in [3.05, 3.63) is 94.5 Å². The molecule has 2 heterocycles. The third-order valence-corrected chi connectivity index (χ3v) is 6.24. The number of carbonyl (C=O) groups is 1. The van der Waals surface area contributed by atoms with Crippen molar-refractivity contribution in [2.45, 2.75) is 39.3 Å². The van der Waals surface area contributed by atoms with E-state index in [2.05, 4.69) is 44.7 Å². The molecular weight excluding hydrogens is 521 g/mol. The number of aromatic nitrogens is 4. The summed E-state index contributed by atoms with van der Waals surface area (Å²) in [7, 11) is 0. The summed E-state index contributed by atoms with van der Waals surface area (Å²) in [6.07, 6.45) is 6.32. The first-order valence-electron chi connectivity index (χ1n) is 12.5. The molecule has 10 heteroatoms. The van der Waals surface area contributed by atoms with Crippen LogP contribution >= 0.6 is 23.2 Å². The Morgan fingerprint density at radius 2 is 1.79 bits per heavy atom. The van der Waals surface area contributed by atoms with Gasteiger partial charge in [-0.1, -0.05) is 61.3 Å². The third kappa shape index (κ3) is 8.46. The number of benzene rings is 2. The van der Waals surface area contributed by atoms with Crippen LogP contribution in [0.2, 0.25) is 10.0 Å². The van der Waals surface area contributed by atoms with Gasteiger partial charge in [-0.2, -0.15) is 9.97 Å². The van der Waals surface area contributed by atoms with Crippen molar-refractivity contribution >= 4 is 40.9 Å². The molecule has 0 aliphatic heterocycles. The van der Waals surface area contributed by atoms with E-state index in [0.717, 1.165) is 17.5 Å². The Kier molecular flexibility index (Phi) is 9.56. The first kappa shape index (κ1) is 27.4. The molecule has 8 nitrogen and oxygen atoms in total. The molecule has 1 amide bonds. The molecule has 3 N–H and O–H groups in total. The highest BCUT2D eigenvalue weighted by Crippen LogP contribution is 2.17. The molecule has 0 bridgehead atoms. The van der Waals surface area contributed by atoms with Crippen LogP contribution in [0.15, 0.2) is 73.3 Å². The van der Waals surface area contributed by atoms with E-state index in [0.29, 0.717) is 53.1 Å². The lowest BCUT2D eigenvalue weighted by Crippen LogP contribution is -2.41. The summed E-state index contributed by atoms with van der Waals surface area (Å²) < 4.78 is 1.82. The fraction of sp³-hybridized carbons (Fsp3) is 0.286. The highest BCUT2D eigenvalue weighted by Gasteiger charge is 2.16. The molecular formula is C28H31Cl2N7O. The second kappa shape index (κ2) is 13.3. The van der Waals surface area contributed by atoms with Gasteiger partial charge in [-0.05, 0) is 47.7 Å². The van der Waals surface area contributed by atoms with Gasteiger partial charge in [-0.15, -0.1) is 0 Å². The SMILES string of the molecule is CC(C)CC(CNc1cc(-n2ccnc2)nc(NCc2cccc(Cl)c2)n1)NC(=O)Cc1ccc(Cl)cc1. The maximum absolute atomic E-state index is 12.8. The minimum absolute atomic E-state index is 0.0366. The van der Waals surface area contributed by atoms with Crippen molar-refractivity contribution in [2.75, 3.05) is 17.2 Å². The van der Waals surface area contributed by atoms with E-state index in [4.69, 9.17) is 23.2 Å². The van der Waals surface area contributed by atoms with Crippen LogP contribution in [0.25, 0.3) is 5.82 Å². The molecule has 0 aliphatic rings. The monoisotopic (exact) mass is 551 g/mol. The zero-order valence-corrected chi connectivity index (χ0v) is 22.9. The van der Waals surface area contributed by atoms with Crippen LogP contribution in [-0.4, -0.2) is 38.0 Å². The molecule has 0 radical (unpaired) electrons. The van der Waals surface area contributed by atoms with Crippen LogP contribution in [0, 0.1) is 5.92 Å². The highest BCUT2D eigenvalue weighted by atomic mass is 35.5. The fourth-order valence-corrected chi connectivity index (χ4v) is 4.35. The second-order valence-electron chi connectivity index (χ2n) is 9.47. The molecule has 38 heavy (non-hydrogen) atoms. The van der Waals surface area contributed by atoms with Crippen molar-refractivity contribution in [1.82, 2.24) is 24.8 Å². The molecule has 0 spiro atoms. The lowest BCUT2D eigenvalue weighted by molar-refractivity contribution is -0.121. The summed E-state index contributed by atoms with van der Waals surface area (Å²) in [6.45, 7) is 5.30. The number of amides is 1. The number of nitrogens with one attached hydrogen (secondary N) is 3. The molecule has 1 atom stereocenters. The number of hydrogen-bond donors (Lipinski definition) is 3. The number of carbonyl (C=O) groups excluding carboxylic acids is 1. The molecule has 2 aromatic heterocycles. The summed E-state index contributed by atoms with van der Waals surface area (Å²) in [6, 6.07) is 16.7. The number of anilines is 2. The summed E-state index contributed by atoms with van der Waals surface area (Å²) >= 11 is 12.1. The van der Waals surface area contributed by atoms with Crippen LogP contribution in [0.3, 0.4) is 0 Å². The van der Waals surface area contributed by atoms with Gasteiger partial charge in [-0.3, -0.25) is 9.36 Å².